The number of nitrogens with one attached hydrogen (secondary N) is 3. The van der Waals surface area contributed by atoms with E-state index in [-0.39, 0.29) is 24.1 Å². The summed E-state index contributed by atoms with van der Waals surface area (Å²) in [5.41, 5.74) is 2.24. The number of urea groups is 1. The fourth-order valence-corrected chi connectivity index (χ4v) is 2.97. The van der Waals surface area contributed by atoms with Crippen molar-refractivity contribution in [1.82, 2.24) is 25.7 Å². The molecule has 8 nitrogen and oxygen atoms in total. The van der Waals surface area contributed by atoms with Crippen molar-refractivity contribution in [2.45, 2.75) is 32.5 Å². The Morgan fingerprint density at radius 3 is 3.05 bits per heavy atom. The number of rotatable bonds is 4. The average Bonchev–Trinajstić information content (AvgIpc) is 3.05. The minimum Gasteiger partial charge on any atom is -0.369 e. The molecule has 2 atom stereocenters. The van der Waals surface area contributed by atoms with E-state index in [1.807, 2.05) is 13.8 Å². The van der Waals surface area contributed by atoms with Crippen LogP contribution in [0.4, 0.5) is 4.79 Å². The number of nitrogens with zero attached hydrogens (tertiary/aromatic N) is 2. The highest BCUT2D eigenvalue weighted by molar-refractivity contribution is 5.94. The molecule has 3 amide bonds. The highest BCUT2D eigenvalue weighted by Crippen LogP contribution is 2.29. The second kappa shape index (κ2) is 5.96. The lowest BCUT2D eigenvalue weighted by molar-refractivity contribution is -0.00697. The molecule has 22 heavy (non-hydrogen) atoms. The van der Waals surface area contributed by atoms with Crippen molar-refractivity contribution < 1.29 is 14.3 Å². The molecule has 120 valence electrons. The van der Waals surface area contributed by atoms with Crippen LogP contribution in [0.2, 0.25) is 0 Å². The summed E-state index contributed by atoms with van der Waals surface area (Å²) in [5.74, 6) is -0.210. The number of aromatic amines is 1. The summed E-state index contributed by atoms with van der Waals surface area (Å²) in [6.07, 6.45) is 0.661. The molecule has 0 spiro atoms. The number of amides is 3. The molecule has 1 saturated heterocycles. The molecule has 8 heteroatoms. The minimum absolute atomic E-state index is 0.0694. The number of ether oxygens (including phenoxy) is 1. The topological polar surface area (TPSA) is 99.4 Å². The summed E-state index contributed by atoms with van der Waals surface area (Å²) in [5, 5.41) is 12.6. The number of H-pyrrole nitrogens is 1. The van der Waals surface area contributed by atoms with Gasteiger partial charge in [-0.2, -0.15) is 5.10 Å². The number of carbonyl (C=O) groups is 2. The van der Waals surface area contributed by atoms with Crippen LogP contribution in [0.5, 0.6) is 0 Å². The summed E-state index contributed by atoms with van der Waals surface area (Å²) in [6, 6.07) is -0.0776. The third-order valence-electron chi connectivity index (χ3n) is 4.06. The van der Waals surface area contributed by atoms with Crippen LogP contribution in [-0.4, -0.2) is 59.3 Å². The number of hydrogen-bond acceptors (Lipinski definition) is 4. The van der Waals surface area contributed by atoms with Gasteiger partial charge in [-0.05, 0) is 13.8 Å². The van der Waals surface area contributed by atoms with Gasteiger partial charge in [0.05, 0.1) is 17.9 Å². The van der Waals surface area contributed by atoms with Crippen molar-refractivity contribution in [1.29, 1.82) is 0 Å². The maximum absolute atomic E-state index is 12.3. The average molecular weight is 307 g/mol. The first kappa shape index (κ1) is 14.8. The van der Waals surface area contributed by atoms with Gasteiger partial charge in [0.1, 0.15) is 0 Å². The number of hydrogen-bond donors (Lipinski definition) is 3. The van der Waals surface area contributed by atoms with Gasteiger partial charge < -0.3 is 20.3 Å². The number of aromatic nitrogens is 2. The molecular weight excluding hydrogens is 286 g/mol. The fourth-order valence-electron chi connectivity index (χ4n) is 2.97. The zero-order valence-corrected chi connectivity index (χ0v) is 12.8. The van der Waals surface area contributed by atoms with Gasteiger partial charge in [-0.25, -0.2) is 4.79 Å². The molecule has 2 aliphatic rings. The first-order valence-electron chi connectivity index (χ1n) is 7.60. The van der Waals surface area contributed by atoms with Gasteiger partial charge >= 0.3 is 6.03 Å². The van der Waals surface area contributed by atoms with Crippen molar-refractivity contribution in [3.8, 4) is 0 Å². The van der Waals surface area contributed by atoms with Gasteiger partial charge in [-0.1, -0.05) is 0 Å². The molecule has 1 aromatic rings. The molecule has 1 fully saturated rings. The maximum Gasteiger partial charge on any atom is 0.317 e. The highest BCUT2D eigenvalue weighted by Gasteiger charge is 2.29. The Morgan fingerprint density at radius 2 is 2.32 bits per heavy atom. The second-order valence-corrected chi connectivity index (χ2v) is 5.73. The maximum atomic E-state index is 12.3. The van der Waals surface area contributed by atoms with E-state index in [2.05, 4.69) is 20.8 Å². The molecule has 0 bridgehead atoms. The van der Waals surface area contributed by atoms with Crippen molar-refractivity contribution in [3.63, 3.8) is 0 Å². The molecule has 2 aliphatic heterocycles. The van der Waals surface area contributed by atoms with Crippen LogP contribution in [0.3, 0.4) is 0 Å². The molecule has 3 heterocycles. The van der Waals surface area contributed by atoms with E-state index in [0.717, 1.165) is 11.3 Å². The van der Waals surface area contributed by atoms with Gasteiger partial charge in [0.15, 0.2) is 5.69 Å². The predicted molar refractivity (Wildman–Crippen MR) is 78.6 cm³/mol. The second-order valence-electron chi connectivity index (χ2n) is 5.73. The molecule has 3 rings (SSSR count). The summed E-state index contributed by atoms with van der Waals surface area (Å²) in [7, 11) is 0. The Hall–Kier alpha value is -2.09. The van der Waals surface area contributed by atoms with Crippen LogP contribution >= 0.6 is 0 Å². The zero-order valence-electron chi connectivity index (χ0n) is 12.8. The lowest BCUT2D eigenvalue weighted by atomic mass is 9.99. The van der Waals surface area contributed by atoms with Crippen molar-refractivity contribution >= 4 is 11.9 Å². The van der Waals surface area contributed by atoms with E-state index in [1.54, 1.807) is 4.90 Å². The smallest absolute Gasteiger partial charge is 0.317 e. The van der Waals surface area contributed by atoms with E-state index < -0.39 is 0 Å². The van der Waals surface area contributed by atoms with Crippen LogP contribution in [0, 0.1) is 0 Å². The number of fused-ring (bicyclic) bond motifs is 1. The van der Waals surface area contributed by atoms with E-state index in [4.69, 9.17) is 4.74 Å². The third kappa shape index (κ3) is 2.78. The first-order chi connectivity index (χ1) is 10.6. The first-order valence-corrected chi connectivity index (χ1v) is 7.60. The summed E-state index contributed by atoms with van der Waals surface area (Å²) in [6.45, 7) is 6.18. The summed E-state index contributed by atoms with van der Waals surface area (Å²) < 4.78 is 5.71. The van der Waals surface area contributed by atoms with Crippen molar-refractivity contribution in [3.05, 3.63) is 17.0 Å². The monoisotopic (exact) mass is 307 g/mol. The van der Waals surface area contributed by atoms with Crippen LogP contribution in [0.25, 0.3) is 0 Å². The van der Waals surface area contributed by atoms with E-state index >= 15 is 0 Å². The van der Waals surface area contributed by atoms with Crippen LogP contribution in [0.15, 0.2) is 0 Å². The third-order valence-corrected chi connectivity index (χ3v) is 4.06. The SMILES string of the molecule is C[C@@H]1Cc2c(C(=O)NCCN3CCNC3=O)n[nH]c2[C@H](C)O1. The minimum atomic E-state index is -0.210. The molecule has 0 radical (unpaired) electrons. The predicted octanol–water partition coefficient (Wildman–Crippen LogP) is 0.187. The van der Waals surface area contributed by atoms with Gasteiger partial charge in [0.25, 0.3) is 5.91 Å². The zero-order chi connectivity index (χ0) is 15.7. The van der Waals surface area contributed by atoms with E-state index in [0.29, 0.717) is 38.3 Å². The Balaban J connectivity index is 1.60. The quantitative estimate of drug-likeness (QED) is 0.739. The molecule has 0 saturated carbocycles. The Kier molecular flexibility index (Phi) is 4.02. The summed E-state index contributed by atoms with van der Waals surface area (Å²) >= 11 is 0. The number of carbonyl (C=O) groups excluding carboxylic acids is 2. The molecule has 0 aromatic carbocycles. The fraction of sp³-hybridized carbons (Fsp3) is 0.643. The Bertz CT molecular complexity index is 585. The molecular formula is C14H21N5O3. The van der Waals surface area contributed by atoms with Gasteiger partial charge in [0.2, 0.25) is 0 Å². The van der Waals surface area contributed by atoms with Crippen molar-refractivity contribution in [2.24, 2.45) is 0 Å². The van der Waals surface area contributed by atoms with Crippen LogP contribution in [-0.2, 0) is 11.2 Å². The highest BCUT2D eigenvalue weighted by atomic mass is 16.5. The van der Waals surface area contributed by atoms with Gasteiger partial charge in [0, 0.05) is 38.2 Å². The largest absolute Gasteiger partial charge is 0.369 e. The van der Waals surface area contributed by atoms with Crippen LogP contribution in [0.1, 0.15) is 41.7 Å². The lowest BCUT2D eigenvalue weighted by Crippen LogP contribution is -2.37. The standard InChI is InChI=1S/C14H21N5O3/c1-8-7-10-11(9(2)22-8)17-18-12(10)13(20)15-3-5-19-6-4-16-14(19)21/h8-9H,3-7H2,1-2H3,(H,15,20)(H,16,21)(H,17,18)/t8-,9+/m1/s1. The van der Waals surface area contributed by atoms with Crippen molar-refractivity contribution in [2.75, 3.05) is 26.2 Å². The molecule has 1 aromatic heterocycles. The Labute approximate surface area is 128 Å². The van der Waals surface area contributed by atoms with Gasteiger partial charge in [-0.3, -0.25) is 9.89 Å². The lowest BCUT2D eigenvalue weighted by Gasteiger charge is -2.25. The normalized spacial score (nSPS) is 24.1. The van der Waals surface area contributed by atoms with E-state index in [9.17, 15) is 9.59 Å². The Morgan fingerprint density at radius 1 is 1.50 bits per heavy atom. The molecule has 0 aliphatic carbocycles. The molecule has 3 N–H and O–H groups in total. The summed E-state index contributed by atoms with van der Waals surface area (Å²) in [4.78, 5) is 25.4. The molecule has 0 unspecified atom stereocenters. The van der Waals surface area contributed by atoms with Gasteiger partial charge in [-0.15, -0.1) is 0 Å². The van der Waals surface area contributed by atoms with Crippen LogP contribution < -0.4 is 10.6 Å². The van der Waals surface area contributed by atoms with E-state index in [1.165, 1.54) is 0 Å².